The van der Waals surface area contributed by atoms with E-state index in [-0.39, 0.29) is 25.1 Å². The van der Waals surface area contributed by atoms with Crippen LogP contribution in [0.1, 0.15) is 174 Å². The van der Waals surface area contributed by atoms with Crippen molar-refractivity contribution in [1.29, 1.82) is 0 Å². The summed E-state index contributed by atoms with van der Waals surface area (Å²) in [7, 11) is -11.1. The van der Waals surface area contributed by atoms with E-state index in [9.17, 15) is 48.9 Å². The highest BCUT2D eigenvalue weighted by molar-refractivity contribution is 7.46. The van der Waals surface area contributed by atoms with Gasteiger partial charge in [0.15, 0.2) is 6.10 Å². The van der Waals surface area contributed by atoms with E-state index in [0.717, 1.165) is 51.4 Å². The summed E-state index contributed by atoms with van der Waals surface area (Å²) in [6.45, 7) is 2.95. The van der Waals surface area contributed by atoms with E-state index in [1.807, 2.05) is 12.2 Å². The fourth-order valence-corrected chi connectivity index (χ4v) is 8.46. The van der Waals surface area contributed by atoms with Crippen LogP contribution < -0.4 is 22.1 Å². The lowest BCUT2D eigenvalue weighted by Gasteiger charge is -2.45. The molecule has 66 heavy (non-hydrogen) atoms. The molecule has 1 saturated carbocycles. The fourth-order valence-electron chi connectivity index (χ4n) is 6.95. The number of rotatable bonds is 39. The van der Waals surface area contributed by atoms with Crippen LogP contribution in [0.5, 0.6) is 0 Å². The topological polar surface area (TPSA) is 335 Å². The van der Waals surface area contributed by atoms with Crippen LogP contribution in [0.15, 0.2) is 48.6 Å². The van der Waals surface area contributed by atoms with E-state index in [0.29, 0.717) is 19.3 Å². The van der Waals surface area contributed by atoms with Gasteiger partial charge in [-0.15, -0.1) is 0 Å². The van der Waals surface area contributed by atoms with Gasteiger partial charge in [0.1, 0.15) is 43.2 Å². The van der Waals surface area contributed by atoms with Gasteiger partial charge in [-0.2, -0.15) is 0 Å². The minimum atomic E-state index is -5.58. The van der Waals surface area contributed by atoms with Crippen molar-refractivity contribution in [2.24, 2.45) is 0 Å². The molecule has 20 heteroatoms. The van der Waals surface area contributed by atoms with Crippen molar-refractivity contribution < 1.29 is 76.9 Å². The summed E-state index contributed by atoms with van der Waals surface area (Å²) in [4.78, 5) is 58.3. The summed E-state index contributed by atoms with van der Waals surface area (Å²) in [6, 6.07) is 0. The second-order valence-electron chi connectivity index (χ2n) is 16.4. The summed E-state index contributed by atoms with van der Waals surface area (Å²) < 4.78 is 48.4. The molecule has 0 bridgehead atoms. The highest BCUT2D eigenvalue weighted by Crippen LogP contribution is 2.45. The Labute approximate surface area is 394 Å². The molecule has 18 nitrogen and oxygen atoms in total. The average Bonchev–Trinajstić information content (AvgIpc) is 3.25. The quantitative estimate of drug-likeness (QED) is 0.0132. The van der Waals surface area contributed by atoms with Crippen LogP contribution in [0.2, 0.25) is 0 Å². The van der Waals surface area contributed by atoms with Crippen LogP contribution in [0.4, 0.5) is 0 Å². The van der Waals surface area contributed by atoms with Crippen molar-refractivity contribution in [1.82, 2.24) is 12.3 Å². The van der Waals surface area contributed by atoms with E-state index in [1.165, 1.54) is 77.0 Å². The molecule has 13 N–H and O–H groups in total. The number of carbonyl (C=O) groups excluding carboxylic acids is 2. The molecule has 388 valence electrons. The van der Waals surface area contributed by atoms with Crippen molar-refractivity contribution in [2.75, 3.05) is 13.2 Å². The number of hydrogen-bond acceptors (Lipinski definition) is 15. The first kappa shape index (κ1) is 66.0. The first-order valence-electron chi connectivity index (χ1n) is 23.6. The zero-order valence-corrected chi connectivity index (χ0v) is 42.2. The Kier molecular flexibility index (Phi) is 40.7. The SMILES string of the molecule is CCCCC/C=C\C/C=C\C/C=C\C/C=C\CCCC(=O)O[C@H](COC(=O)CCCCCCCCCCCCCCCC)COP(=O)([O-])OC1[C@H](O)[C@H](O)C(OP(=O)([O-])O)[C@H](O)[C@H]1O.[NH4+].[NH4+]. The Balaban J connectivity index is 0. The largest absolute Gasteiger partial charge is 0.756 e. The number of carbonyl (C=O) groups is 2. The van der Waals surface area contributed by atoms with Crippen molar-refractivity contribution >= 4 is 27.6 Å². The molecule has 0 aromatic carbocycles. The Morgan fingerprint density at radius 3 is 1.36 bits per heavy atom. The molecule has 9 atom stereocenters. The molecule has 0 aromatic rings. The second kappa shape index (κ2) is 40.7. The van der Waals surface area contributed by atoms with Gasteiger partial charge >= 0.3 is 11.9 Å². The number of ether oxygens (including phenoxy) is 2. The van der Waals surface area contributed by atoms with Gasteiger partial charge in [-0.05, 0) is 51.4 Å². The Morgan fingerprint density at radius 2 is 0.909 bits per heavy atom. The zero-order chi connectivity index (χ0) is 47.5. The smallest absolute Gasteiger partial charge is 0.306 e. The predicted molar refractivity (Wildman–Crippen MR) is 253 cm³/mol. The number of quaternary nitrogens is 2. The maximum absolute atomic E-state index is 12.8. The lowest BCUT2D eigenvalue weighted by molar-refractivity contribution is -0.271. The van der Waals surface area contributed by atoms with Gasteiger partial charge in [-0.3, -0.25) is 18.7 Å². The second-order valence-corrected chi connectivity index (χ2v) is 18.9. The van der Waals surface area contributed by atoms with Gasteiger partial charge in [0.2, 0.25) is 0 Å². The molecule has 1 fully saturated rings. The molecule has 4 unspecified atom stereocenters. The number of phosphoric acid groups is 2. The molecule has 1 aliphatic rings. The van der Waals surface area contributed by atoms with Gasteiger partial charge in [0.25, 0.3) is 15.6 Å². The third-order valence-electron chi connectivity index (χ3n) is 10.6. The first-order chi connectivity index (χ1) is 30.6. The molecule has 0 amide bonds. The molecular weight excluding hydrogens is 898 g/mol. The Morgan fingerprint density at radius 1 is 0.530 bits per heavy atom. The summed E-state index contributed by atoms with van der Waals surface area (Å²) >= 11 is 0. The molecule has 1 rings (SSSR count). The monoisotopic (exact) mass is 987 g/mol. The number of aliphatic hydroxyl groups is 4. The summed E-state index contributed by atoms with van der Waals surface area (Å²) in [5.41, 5.74) is 0. The lowest BCUT2D eigenvalue weighted by atomic mass is 9.85. The minimum Gasteiger partial charge on any atom is -0.756 e. The van der Waals surface area contributed by atoms with Crippen LogP contribution in [0.25, 0.3) is 0 Å². The molecule has 1 aliphatic carbocycles. The highest BCUT2D eigenvalue weighted by Gasteiger charge is 2.52. The van der Waals surface area contributed by atoms with Gasteiger partial charge < -0.3 is 70.5 Å². The zero-order valence-electron chi connectivity index (χ0n) is 40.4. The van der Waals surface area contributed by atoms with Crippen molar-refractivity contribution in [3.05, 3.63) is 48.6 Å². The molecule has 0 radical (unpaired) electrons. The van der Waals surface area contributed by atoms with E-state index in [4.69, 9.17) is 23.4 Å². The highest BCUT2D eigenvalue weighted by atomic mass is 31.2. The van der Waals surface area contributed by atoms with Crippen LogP contribution in [-0.4, -0.2) is 93.2 Å². The fraction of sp³-hybridized carbons (Fsp3) is 0.783. The van der Waals surface area contributed by atoms with E-state index >= 15 is 0 Å². The van der Waals surface area contributed by atoms with Crippen molar-refractivity contribution in [2.45, 2.75) is 217 Å². The molecule has 0 aromatic heterocycles. The van der Waals surface area contributed by atoms with E-state index < -0.39 is 83.5 Å². The van der Waals surface area contributed by atoms with Gasteiger partial charge in [-0.25, -0.2) is 0 Å². The van der Waals surface area contributed by atoms with E-state index in [1.54, 1.807) is 0 Å². The van der Waals surface area contributed by atoms with Crippen LogP contribution in [0.3, 0.4) is 0 Å². The third kappa shape index (κ3) is 34.2. The summed E-state index contributed by atoms with van der Waals surface area (Å²) in [6.07, 6.45) is 25.8. The number of hydrogen-bond donors (Lipinski definition) is 7. The van der Waals surface area contributed by atoms with Crippen LogP contribution in [-0.2, 0) is 41.8 Å². The number of phosphoric ester groups is 2. The first-order valence-corrected chi connectivity index (χ1v) is 26.6. The van der Waals surface area contributed by atoms with Crippen LogP contribution in [0, 0.1) is 0 Å². The molecule has 0 saturated heterocycles. The van der Waals surface area contributed by atoms with Crippen molar-refractivity contribution in [3.8, 4) is 0 Å². The van der Waals surface area contributed by atoms with Gasteiger partial charge in [0.05, 0.1) is 6.61 Å². The Bertz CT molecular complexity index is 1430. The lowest BCUT2D eigenvalue weighted by Crippen LogP contribution is -2.64. The standard InChI is InChI=1S/C46H82O16P2.2H3N/c1-3-5-7-9-11-13-15-17-19-20-21-23-25-27-29-31-33-35-40(48)60-38(36-58-39(47)34-32-30-28-26-24-22-18-16-14-12-10-8-6-4-2)37-59-64(56,57)62-46-43(51)41(49)45(42(50)44(46)52)61-63(53,54)55;;/h11,13,17,19,21,23,27,29,38,41-46,49-52H,3-10,12,14-16,18,20,22,24-26,28,30-37H2,1-2H3,(H,56,57)(H2,53,54,55);2*1H3/b13-11-,19-17-,23-21-,29-27-;;/t38-,41-,42+,43-,44-,45?,46?;;/m1../s1. The molecule has 0 heterocycles. The summed E-state index contributed by atoms with van der Waals surface area (Å²) in [5, 5.41) is 41.3. The summed E-state index contributed by atoms with van der Waals surface area (Å²) in [5.74, 6) is -1.30. The maximum Gasteiger partial charge on any atom is 0.306 e. The third-order valence-corrected chi connectivity index (χ3v) is 12.1. The molecular formula is C46H88N2O16P2. The molecule has 0 aliphatic heterocycles. The van der Waals surface area contributed by atoms with Gasteiger partial charge in [0, 0.05) is 12.8 Å². The average molecular weight is 987 g/mol. The minimum absolute atomic E-state index is 0. The van der Waals surface area contributed by atoms with Gasteiger partial charge in [-0.1, -0.05) is 159 Å². The van der Waals surface area contributed by atoms with E-state index in [2.05, 4.69) is 54.8 Å². The maximum atomic E-state index is 12.8. The number of unbranched alkanes of at least 4 members (excludes halogenated alkanes) is 17. The molecule has 0 spiro atoms. The number of allylic oxidation sites excluding steroid dienone is 8. The number of esters is 2. The van der Waals surface area contributed by atoms with Crippen molar-refractivity contribution in [3.63, 3.8) is 0 Å². The Hall–Kier alpha value is -2.12. The normalized spacial score (nSPS) is 22.3. The predicted octanol–water partition coefficient (Wildman–Crippen LogP) is 8.38. The van der Waals surface area contributed by atoms with Crippen LogP contribution >= 0.6 is 15.6 Å². The number of aliphatic hydroxyl groups excluding tert-OH is 4.